The molecule has 0 aromatic heterocycles. The molecule has 178 valence electrons. The molecular weight excluding hydrogens is 517 g/mol. The zero-order chi connectivity index (χ0) is 21.8. The molecule has 7 nitrogen and oxygen atoms in total. The number of aliphatic imine (C=N–C) groups is 1. The number of carbonyl (C=O) groups is 1. The van der Waals surface area contributed by atoms with Crippen LogP contribution in [0.15, 0.2) is 29.3 Å². The minimum absolute atomic E-state index is 0. The van der Waals surface area contributed by atoms with E-state index in [4.69, 9.17) is 4.74 Å². The van der Waals surface area contributed by atoms with Gasteiger partial charge in [-0.1, -0.05) is 18.2 Å². The number of ether oxygens (including phenoxy) is 1. The van der Waals surface area contributed by atoms with Gasteiger partial charge in [0, 0.05) is 69.9 Å². The number of halogens is 1. The maximum Gasteiger partial charge on any atom is 0.222 e. The van der Waals surface area contributed by atoms with Gasteiger partial charge in [0.1, 0.15) is 0 Å². The smallest absolute Gasteiger partial charge is 0.222 e. The second-order valence-electron chi connectivity index (χ2n) is 9.08. The summed E-state index contributed by atoms with van der Waals surface area (Å²) in [6.45, 7) is 10.6. The van der Waals surface area contributed by atoms with Crippen LogP contribution in [-0.2, 0) is 9.53 Å². The highest BCUT2D eigenvalue weighted by atomic mass is 127. The normalized spacial score (nSPS) is 25.0. The number of hydrogen-bond acceptors (Lipinski definition) is 4. The van der Waals surface area contributed by atoms with Gasteiger partial charge in [-0.25, -0.2) is 0 Å². The van der Waals surface area contributed by atoms with Crippen LogP contribution < -0.4 is 10.2 Å². The first kappa shape index (κ1) is 25.2. The lowest BCUT2D eigenvalue weighted by Gasteiger charge is -2.38. The van der Waals surface area contributed by atoms with Gasteiger partial charge in [0.05, 0.1) is 13.2 Å². The summed E-state index contributed by atoms with van der Waals surface area (Å²) >= 11 is 0. The number of morpholine rings is 1. The Labute approximate surface area is 209 Å². The van der Waals surface area contributed by atoms with Crippen molar-refractivity contribution in [3.63, 3.8) is 0 Å². The van der Waals surface area contributed by atoms with Crippen LogP contribution in [0.25, 0.3) is 0 Å². The number of benzene rings is 1. The summed E-state index contributed by atoms with van der Waals surface area (Å²) in [5.41, 5.74) is 2.60. The van der Waals surface area contributed by atoms with E-state index in [0.717, 1.165) is 64.7 Å². The van der Waals surface area contributed by atoms with E-state index in [1.54, 1.807) is 0 Å². The molecule has 4 rings (SSSR count). The van der Waals surface area contributed by atoms with E-state index in [1.165, 1.54) is 11.3 Å². The monoisotopic (exact) mass is 555 g/mol. The summed E-state index contributed by atoms with van der Waals surface area (Å²) in [4.78, 5) is 23.5. The van der Waals surface area contributed by atoms with E-state index in [1.807, 2.05) is 11.9 Å². The number of likely N-dealkylation sites (tertiary alicyclic amines) is 1. The Hall–Kier alpha value is -1.39. The lowest BCUT2D eigenvalue weighted by molar-refractivity contribution is -0.127. The van der Waals surface area contributed by atoms with Crippen LogP contribution in [0.3, 0.4) is 0 Å². The Morgan fingerprint density at radius 3 is 2.84 bits per heavy atom. The average molecular weight is 556 g/mol. The molecule has 1 N–H and O–H groups in total. The number of para-hydroxylation sites is 1. The second-order valence-corrected chi connectivity index (χ2v) is 9.08. The molecule has 2 fully saturated rings. The molecule has 8 heteroatoms. The summed E-state index contributed by atoms with van der Waals surface area (Å²) in [5.74, 6) is 1.66. The first-order valence-corrected chi connectivity index (χ1v) is 11.8. The van der Waals surface area contributed by atoms with E-state index in [-0.39, 0.29) is 24.0 Å². The van der Waals surface area contributed by atoms with Crippen LogP contribution in [0.4, 0.5) is 5.69 Å². The lowest BCUT2D eigenvalue weighted by Crippen LogP contribution is -2.53. The van der Waals surface area contributed by atoms with Gasteiger partial charge in [0.25, 0.3) is 0 Å². The number of hydrogen-bond donors (Lipinski definition) is 1. The standard InChI is InChI=1S/C24H37N5O2.HI/c1-18(28-13-14-31-17-19(28)2)15-26-24(25-3)29-16-20(21-7-4-5-8-22(21)29)10-12-27-11-6-9-23(27)30;/h4-5,7-8,18-20H,6,9-17H2,1-3H3,(H,25,26);1H. The molecule has 3 atom stereocenters. The fourth-order valence-corrected chi connectivity index (χ4v) is 5.24. The molecule has 1 aromatic rings. The summed E-state index contributed by atoms with van der Waals surface area (Å²) in [6, 6.07) is 9.49. The topological polar surface area (TPSA) is 60.4 Å². The Morgan fingerprint density at radius 2 is 2.12 bits per heavy atom. The number of anilines is 1. The van der Waals surface area contributed by atoms with Crippen LogP contribution >= 0.6 is 24.0 Å². The van der Waals surface area contributed by atoms with Crippen molar-refractivity contribution in [3.05, 3.63) is 29.8 Å². The molecule has 0 aliphatic carbocycles. The maximum atomic E-state index is 12.0. The quantitative estimate of drug-likeness (QED) is 0.333. The highest BCUT2D eigenvalue weighted by Gasteiger charge is 2.32. The third kappa shape index (κ3) is 5.56. The van der Waals surface area contributed by atoms with Crippen molar-refractivity contribution in [1.82, 2.24) is 15.1 Å². The van der Waals surface area contributed by atoms with E-state index in [2.05, 4.69) is 58.2 Å². The van der Waals surface area contributed by atoms with E-state index >= 15 is 0 Å². The van der Waals surface area contributed by atoms with Crippen molar-refractivity contribution in [2.24, 2.45) is 4.99 Å². The van der Waals surface area contributed by atoms with Gasteiger partial charge in [0.2, 0.25) is 5.91 Å². The Bertz CT molecular complexity index is 804. The van der Waals surface area contributed by atoms with Crippen LogP contribution in [0.5, 0.6) is 0 Å². The van der Waals surface area contributed by atoms with Crippen LogP contribution in [-0.4, -0.2) is 86.7 Å². The molecule has 0 radical (unpaired) electrons. The molecule has 32 heavy (non-hydrogen) atoms. The average Bonchev–Trinajstić information content (AvgIpc) is 3.36. The zero-order valence-corrected chi connectivity index (χ0v) is 22.0. The first-order chi connectivity index (χ1) is 15.1. The van der Waals surface area contributed by atoms with Gasteiger partial charge in [-0.05, 0) is 38.3 Å². The largest absolute Gasteiger partial charge is 0.379 e. The number of rotatable bonds is 6. The molecule has 0 spiro atoms. The fraction of sp³-hybridized carbons (Fsp3) is 0.667. The molecule has 2 saturated heterocycles. The molecule has 3 unspecified atom stereocenters. The Balaban J connectivity index is 0.00000289. The van der Waals surface area contributed by atoms with Gasteiger partial charge in [-0.3, -0.25) is 14.7 Å². The van der Waals surface area contributed by atoms with Crippen molar-refractivity contribution >= 4 is 41.5 Å². The second kappa shape index (κ2) is 11.7. The minimum Gasteiger partial charge on any atom is -0.379 e. The SMILES string of the molecule is CN=C(NCC(C)N1CCOCC1C)N1CC(CCN2CCCC2=O)c2ccccc21.I. The molecule has 1 aromatic carbocycles. The highest BCUT2D eigenvalue weighted by Crippen LogP contribution is 2.38. The molecule has 3 heterocycles. The van der Waals surface area contributed by atoms with Crippen LogP contribution in [0, 0.1) is 0 Å². The van der Waals surface area contributed by atoms with E-state index in [0.29, 0.717) is 30.3 Å². The van der Waals surface area contributed by atoms with Gasteiger partial charge in [-0.15, -0.1) is 24.0 Å². The summed E-state index contributed by atoms with van der Waals surface area (Å²) in [6.07, 6.45) is 2.71. The van der Waals surface area contributed by atoms with Crippen LogP contribution in [0.1, 0.15) is 44.6 Å². The number of nitrogens with one attached hydrogen (secondary N) is 1. The molecule has 3 aliphatic rings. The highest BCUT2D eigenvalue weighted by molar-refractivity contribution is 14.0. The zero-order valence-electron chi connectivity index (χ0n) is 19.6. The number of carbonyl (C=O) groups excluding carboxylic acids is 1. The fourth-order valence-electron chi connectivity index (χ4n) is 5.24. The molecule has 1 amide bonds. The third-order valence-corrected chi connectivity index (χ3v) is 7.00. The van der Waals surface area contributed by atoms with Gasteiger partial charge in [0.15, 0.2) is 5.96 Å². The predicted molar refractivity (Wildman–Crippen MR) is 140 cm³/mol. The third-order valence-electron chi connectivity index (χ3n) is 7.00. The van der Waals surface area contributed by atoms with Crippen molar-refractivity contribution < 1.29 is 9.53 Å². The molecule has 0 saturated carbocycles. The molecular formula is C24H38IN5O2. The van der Waals surface area contributed by atoms with Gasteiger partial charge in [-0.2, -0.15) is 0 Å². The van der Waals surface area contributed by atoms with E-state index < -0.39 is 0 Å². The minimum atomic E-state index is 0. The van der Waals surface area contributed by atoms with Crippen LogP contribution in [0.2, 0.25) is 0 Å². The van der Waals surface area contributed by atoms with E-state index in [9.17, 15) is 4.79 Å². The van der Waals surface area contributed by atoms with Crippen molar-refractivity contribution in [2.45, 2.75) is 51.1 Å². The van der Waals surface area contributed by atoms with Crippen molar-refractivity contribution in [2.75, 3.05) is 57.9 Å². The predicted octanol–water partition coefficient (Wildman–Crippen LogP) is 2.91. The number of guanidine groups is 1. The molecule has 0 bridgehead atoms. The molecule has 3 aliphatic heterocycles. The van der Waals surface area contributed by atoms with Crippen molar-refractivity contribution in [3.8, 4) is 0 Å². The van der Waals surface area contributed by atoms with Crippen molar-refractivity contribution in [1.29, 1.82) is 0 Å². The number of fused-ring (bicyclic) bond motifs is 1. The Kier molecular flexibility index (Phi) is 9.19. The number of nitrogens with zero attached hydrogens (tertiary/aromatic N) is 4. The maximum absolute atomic E-state index is 12.0. The Morgan fingerprint density at radius 1 is 1.31 bits per heavy atom. The summed E-state index contributed by atoms with van der Waals surface area (Å²) in [7, 11) is 1.86. The van der Waals surface area contributed by atoms with Gasteiger partial charge < -0.3 is 19.9 Å². The summed E-state index contributed by atoms with van der Waals surface area (Å²) in [5, 5.41) is 3.62. The first-order valence-electron chi connectivity index (χ1n) is 11.8. The summed E-state index contributed by atoms with van der Waals surface area (Å²) < 4.78 is 5.59. The van der Waals surface area contributed by atoms with Gasteiger partial charge >= 0.3 is 0 Å². The number of amides is 1. The lowest BCUT2D eigenvalue weighted by atomic mass is 9.98.